The maximum absolute atomic E-state index is 9.20. The van der Waals surface area contributed by atoms with Crippen molar-refractivity contribution in [2.24, 2.45) is 5.73 Å². The average Bonchev–Trinajstić information content (AvgIpc) is 2.49. The second-order valence-corrected chi connectivity index (χ2v) is 3.26. The van der Waals surface area contributed by atoms with Crippen molar-refractivity contribution in [3.63, 3.8) is 0 Å². The third kappa shape index (κ3) is 2.71. The first-order valence-corrected chi connectivity index (χ1v) is 4.32. The van der Waals surface area contributed by atoms with Crippen molar-refractivity contribution in [3.05, 3.63) is 0 Å². The third-order valence-corrected chi connectivity index (χ3v) is 2.10. The van der Waals surface area contributed by atoms with Crippen LogP contribution in [0, 0.1) is 0 Å². The summed E-state index contributed by atoms with van der Waals surface area (Å²) in [5.41, 5.74) is 5.27. The van der Waals surface area contributed by atoms with Crippen LogP contribution in [0.5, 0.6) is 0 Å². The Labute approximate surface area is 72.6 Å². The SMILES string of the molecule is CC1(CCC(O)CN)OCCO1. The molecule has 0 bridgehead atoms. The molecule has 0 saturated carbocycles. The molecule has 0 aromatic rings. The number of hydrogen-bond donors (Lipinski definition) is 2. The van der Waals surface area contributed by atoms with E-state index in [0.717, 1.165) is 0 Å². The lowest BCUT2D eigenvalue weighted by Gasteiger charge is -2.23. The van der Waals surface area contributed by atoms with Gasteiger partial charge in [-0.2, -0.15) is 0 Å². The summed E-state index contributed by atoms with van der Waals surface area (Å²) in [5.74, 6) is -0.490. The molecule has 0 radical (unpaired) electrons. The Morgan fingerprint density at radius 3 is 2.58 bits per heavy atom. The van der Waals surface area contributed by atoms with Crippen molar-refractivity contribution in [3.8, 4) is 0 Å². The maximum Gasteiger partial charge on any atom is 0.165 e. The van der Waals surface area contributed by atoms with Crippen LogP contribution in [0.25, 0.3) is 0 Å². The van der Waals surface area contributed by atoms with Crippen LogP contribution in [0.4, 0.5) is 0 Å². The first-order chi connectivity index (χ1) is 5.66. The van der Waals surface area contributed by atoms with Gasteiger partial charge in [-0.25, -0.2) is 0 Å². The summed E-state index contributed by atoms with van der Waals surface area (Å²) in [7, 11) is 0. The van der Waals surface area contributed by atoms with Gasteiger partial charge in [0.25, 0.3) is 0 Å². The van der Waals surface area contributed by atoms with Crippen LogP contribution >= 0.6 is 0 Å². The van der Waals surface area contributed by atoms with Crippen LogP contribution in [-0.4, -0.2) is 36.8 Å². The molecule has 1 saturated heterocycles. The normalized spacial score (nSPS) is 24.2. The molecule has 1 aliphatic rings. The zero-order valence-corrected chi connectivity index (χ0v) is 7.45. The lowest BCUT2D eigenvalue weighted by molar-refractivity contribution is -0.150. The average molecular weight is 175 g/mol. The number of ether oxygens (including phenoxy) is 2. The fraction of sp³-hybridized carbons (Fsp3) is 1.00. The van der Waals surface area contributed by atoms with Crippen LogP contribution < -0.4 is 5.73 Å². The molecular weight excluding hydrogens is 158 g/mol. The highest BCUT2D eigenvalue weighted by Crippen LogP contribution is 2.24. The summed E-state index contributed by atoms with van der Waals surface area (Å²) in [4.78, 5) is 0. The Balaban J connectivity index is 2.21. The topological polar surface area (TPSA) is 64.7 Å². The molecular formula is C8H17NO3. The molecule has 0 aromatic heterocycles. The molecule has 1 rings (SSSR count). The van der Waals surface area contributed by atoms with E-state index in [1.165, 1.54) is 0 Å². The van der Waals surface area contributed by atoms with E-state index in [1.807, 2.05) is 6.92 Å². The molecule has 0 amide bonds. The minimum atomic E-state index is -0.490. The largest absolute Gasteiger partial charge is 0.392 e. The van der Waals surface area contributed by atoms with Crippen LogP contribution in [-0.2, 0) is 9.47 Å². The van der Waals surface area contributed by atoms with Crippen molar-refractivity contribution in [1.82, 2.24) is 0 Å². The molecule has 1 atom stereocenters. The number of hydrogen-bond acceptors (Lipinski definition) is 4. The maximum atomic E-state index is 9.20. The van der Waals surface area contributed by atoms with Gasteiger partial charge in [-0.1, -0.05) is 0 Å². The molecule has 0 aliphatic carbocycles. The van der Waals surface area contributed by atoms with E-state index >= 15 is 0 Å². The van der Waals surface area contributed by atoms with E-state index in [4.69, 9.17) is 15.2 Å². The Morgan fingerprint density at radius 1 is 1.50 bits per heavy atom. The molecule has 1 heterocycles. The van der Waals surface area contributed by atoms with Crippen molar-refractivity contribution >= 4 is 0 Å². The van der Waals surface area contributed by atoms with Crippen molar-refractivity contribution in [1.29, 1.82) is 0 Å². The van der Waals surface area contributed by atoms with Gasteiger partial charge < -0.3 is 20.3 Å². The van der Waals surface area contributed by atoms with Gasteiger partial charge in [0.1, 0.15) is 0 Å². The summed E-state index contributed by atoms with van der Waals surface area (Å²) in [5, 5.41) is 9.20. The van der Waals surface area contributed by atoms with E-state index in [0.29, 0.717) is 32.6 Å². The predicted octanol–water partition coefficient (Wildman–Crippen LogP) is -0.151. The van der Waals surface area contributed by atoms with Gasteiger partial charge in [0, 0.05) is 13.0 Å². The Bertz CT molecular complexity index is 134. The molecule has 1 aliphatic heterocycles. The van der Waals surface area contributed by atoms with Crippen molar-refractivity contribution < 1.29 is 14.6 Å². The summed E-state index contributed by atoms with van der Waals surface area (Å²) in [6, 6.07) is 0. The van der Waals surface area contributed by atoms with E-state index in [9.17, 15) is 5.11 Å². The molecule has 1 unspecified atom stereocenters. The molecule has 4 heteroatoms. The van der Waals surface area contributed by atoms with Crippen LogP contribution in [0.1, 0.15) is 19.8 Å². The van der Waals surface area contributed by atoms with Crippen LogP contribution in [0.15, 0.2) is 0 Å². The minimum Gasteiger partial charge on any atom is -0.392 e. The molecule has 0 spiro atoms. The Morgan fingerprint density at radius 2 is 2.08 bits per heavy atom. The second kappa shape index (κ2) is 4.18. The molecule has 4 nitrogen and oxygen atoms in total. The second-order valence-electron chi connectivity index (χ2n) is 3.26. The predicted molar refractivity (Wildman–Crippen MR) is 44.6 cm³/mol. The number of nitrogens with two attached hydrogens (primary N) is 1. The molecule has 0 aromatic carbocycles. The highest BCUT2D eigenvalue weighted by atomic mass is 16.7. The fourth-order valence-electron chi connectivity index (χ4n) is 1.25. The molecule has 1 fully saturated rings. The summed E-state index contributed by atoms with van der Waals surface area (Å²) < 4.78 is 10.7. The first kappa shape index (κ1) is 9.92. The van der Waals surface area contributed by atoms with E-state index in [-0.39, 0.29) is 0 Å². The Kier molecular flexibility index (Phi) is 3.46. The standard InChI is InChI=1S/C8H17NO3/c1-8(11-4-5-12-8)3-2-7(10)6-9/h7,10H,2-6,9H2,1H3. The summed E-state index contributed by atoms with van der Waals surface area (Å²) in [6.07, 6.45) is 0.896. The monoisotopic (exact) mass is 175 g/mol. The zero-order chi connectivity index (χ0) is 9.03. The summed E-state index contributed by atoms with van der Waals surface area (Å²) >= 11 is 0. The smallest absolute Gasteiger partial charge is 0.165 e. The van der Waals surface area contributed by atoms with Gasteiger partial charge in [-0.15, -0.1) is 0 Å². The lowest BCUT2D eigenvalue weighted by Crippen LogP contribution is -2.29. The number of aliphatic hydroxyl groups is 1. The van der Waals surface area contributed by atoms with Crippen LogP contribution in [0.3, 0.4) is 0 Å². The number of rotatable bonds is 4. The highest BCUT2D eigenvalue weighted by molar-refractivity contribution is 4.70. The fourth-order valence-corrected chi connectivity index (χ4v) is 1.25. The molecule has 72 valence electrons. The van der Waals surface area contributed by atoms with E-state index in [2.05, 4.69) is 0 Å². The van der Waals surface area contributed by atoms with Crippen molar-refractivity contribution in [2.45, 2.75) is 31.7 Å². The van der Waals surface area contributed by atoms with Gasteiger partial charge in [-0.3, -0.25) is 0 Å². The quantitative estimate of drug-likeness (QED) is 0.623. The van der Waals surface area contributed by atoms with E-state index < -0.39 is 11.9 Å². The van der Waals surface area contributed by atoms with Gasteiger partial charge in [0.2, 0.25) is 0 Å². The first-order valence-electron chi connectivity index (χ1n) is 4.32. The highest BCUT2D eigenvalue weighted by Gasteiger charge is 2.30. The molecule has 12 heavy (non-hydrogen) atoms. The molecule has 3 N–H and O–H groups in total. The van der Waals surface area contributed by atoms with E-state index in [1.54, 1.807) is 0 Å². The number of aliphatic hydroxyl groups excluding tert-OH is 1. The third-order valence-electron chi connectivity index (χ3n) is 2.10. The van der Waals surface area contributed by atoms with Gasteiger partial charge in [-0.05, 0) is 13.3 Å². The zero-order valence-electron chi connectivity index (χ0n) is 7.45. The van der Waals surface area contributed by atoms with Gasteiger partial charge >= 0.3 is 0 Å². The minimum absolute atomic E-state index is 0.302. The van der Waals surface area contributed by atoms with Gasteiger partial charge in [0.05, 0.1) is 19.3 Å². The van der Waals surface area contributed by atoms with Gasteiger partial charge in [0.15, 0.2) is 5.79 Å². The summed E-state index contributed by atoms with van der Waals surface area (Å²) in [6.45, 7) is 3.49. The van der Waals surface area contributed by atoms with Crippen molar-refractivity contribution in [2.75, 3.05) is 19.8 Å². The lowest BCUT2D eigenvalue weighted by atomic mass is 10.1. The Hall–Kier alpha value is -0.160. The van der Waals surface area contributed by atoms with Crippen LogP contribution in [0.2, 0.25) is 0 Å².